The van der Waals surface area contributed by atoms with Crippen LogP contribution >= 0.6 is 23.1 Å². The molecule has 0 spiro atoms. The molecule has 0 aliphatic heterocycles. The fourth-order valence-electron chi connectivity index (χ4n) is 4.54. The summed E-state index contributed by atoms with van der Waals surface area (Å²) in [4.78, 5) is 28.5. The number of amides is 2. The van der Waals surface area contributed by atoms with E-state index in [1.807, 2.05) is 73.7 Å². The average Bonchev–Trinajstić information content (AvgIpc) is 3.29. The highest BCUT2D eigenvalue weighted by molar-refractivity contribution is 8.00. The number of benzene rings is 3. The Labute approximate surface area is 230 Å². The zero-order valence-corrected chi connectivity index (χ0v) is 22.6. The largest absolute Gasteiger partial charge is 0.322 e. The molecular formula is C31H27N3O2S2. The molecule has 0 bridgehead atoms. The lowest BCUT2D eigenvalue weighted by molar-refractivity contribution is -0.115. The van der Waals surface area contributed by atoms with Crippen molar-refractivity contribution < 1.29 is 9.59 Å². The smallest absolute Gasteiger partial charge is 0.255 e. The van der Waals surface area contributed by atoms with Gasteiger partial charge in [-0.3, -0.25) is 9.59 Å². The number of thiophene rings is 1. The van der Waals surface area contributed by atoms with Gasteiger partial charge in [-0.05, 0) is 74.1 Å². The third-order valence-corrected chi connectivity index (χ3v) is 8.98. The average molecular weight is 538 g/mol. The van der Waals surface area contributed by atoms with E-state index in [2.05, 4.69) is 16.7 Å². The summed E-state index contributed by atoms with van der Waals surface area (Å²) in [5.41, 5.74) is 4.90. The topological polar surface area (TPSA) is 82.0 Å². The summed E-state index contributed by atoms with van der Waals surface area (Å²) >= 11 is 2.95. The van der Waals surface area contributed by atoms with E-state index in [0.29, 0.717) is 21.8 Å². The molecular weight excluding hydrogens is 510 g/mol. The van der Waals surface area contributed by atoms with Gasteiger partial charge in [0.05, 0.1) is 5.56 Å². The van der Waals surface area contributed by atoms with E-state index in [4.69, 9.17) is 0 Å². The van der Waals surface area contributed by atoms with Crippen LogP contribution in [0.25, 0.3) is 0 Å². The molecule has 4 aromatic rings. The highest BCUT2D eigenvalue weighted by Gasteiger charge is 2.26. The number of nitrogens with one attached hydrogen (secondary N) is 2. The number of nitrogens with zero attached hydrogens (tertiary/aromatic N) is 1. The first kappa shape index (κ1) is 25.8. The second-order valence-corrected chi connectivity index (χ2v) is 11.6. The van der Waals surface area contributed by atoms with Crippen molar-refractivity contribution >= 4 is 45.6 Å². The molecule has 0 saturated heterocycles. The highest BCUT2D eigenvalue weighted by atomic mass is 32.2. The molecule has 1 aliphatic rings. The number of hydrogen-bond acceptors (Lipinski definition) is 5. The van der Waals surface area contributed by atoms with E-state index in [0.717, 1.165) is 47.3 Å². The van der Waals surface area contributed by atoms with Crippen molar-refractivity contribution in [1.29, 1.82) is 5.26 Å². The fraction of sp³-hybridized carbons (Fsp3) is 0.194. The number of anilines is 2. The van der Waals surface area contributed by atoms with Crippen molar-refractivity contribution in [2.75, 3.05) is 10.6 Å². The van der Waals surface area contributed by atoms with Crippen LogP contribution < -0.4 is 10.6 Å². The Morgan fingerprint density at radius 2 is 1.71 bits per heavy atom. The number of carbonyl (C=O) groups excluding carboxylic acids is 2. The molecule has 0 saturated carbocycles. The monoisotopic (exact) mass is 537 g/mol. The first-order valence-corrected chi connectivity index (χ1v) is 14.3. The quantitative estimate of drug-likeness (QED) is 0.239. The normalized spacial score (nSPS) is 13.2. The van der Waals surface area contributed by atoms with Crippen LogP contribution in [0, 0.1) is 18.3 Å². The highest BCUT2D eigenvalue weighted by Crippen LogP contribution is 2.41. The van der Waals surface area contributed by atoms with Crippen LogP contribution in [-0.4, -0.2) is 11.8 Å². The molecule has 0 fully saturated rings. The number of aryl methyl sites for hydroxylation is 2. The summed E-state index contributed by atoms with van der Waals surface area (Å²) in [6, 6.07) is 26.9. The second kappa shape index (κ2) is 11.7. The SMILES string of the molecule is Cc1ccc(C(=O)Nc2cccc(SC(C(=O)Nc3sc4c(c3C#N)CCCC4)c3ccccc3)c2)cc1. The Bertz CT molecular complexity index is 1500. The van der Waals surface area contributed by atoms with E-state index in [1.165, 1.54) is 28.0 Å². The third kappa shape index (κ3) is 5.83. The maximum Gasteiger partial charge on any atom is 0.255 e. The van der Waals surface area contributed by atoms with Gasteiger partial charge in [0.15, 0.2) is 0 Å². The van der Waals surface area contributed by atoms with E-state index in [9.17, 15) is 14.9 Å². The van der Waals surface area contributed by atoms with Crippen LogP contribution in [0.2, 0.25) is 0 Å². The van der Waals surface area contributed by atoms with Crippen LogP contribution in [0.4, 0.5) is 10.7 Å². The van der Waals surface area contributed by atoms with Gasteiger partial charge >= 0.3 is 0 Å². The Balaban J connectivity index is 1.37. The molecule has 1 aromatic heterocycles. The summed E-state index contributed by atoms with van der Waals surface area (Å²) < 4.78 is 0. The first-order valence-electron chi connectivity index (χ1n) is 12.6. The van der Waals surface area contributed by atoms with E-state index in [1.54, 1.807) is 12.1 Å². The number of hydrogen-bond donors (Lipinski definition) is 2. The van der Waals surface area contributed by atoms with Crippen molar-refractivity contribution in [3.63, 3.8) is 0 Å². The van der Waals surface area contributed by atoms with E-state index >= 15 is 0 Å². The van der Waals surface area contributed by atoms with Crippen LogP contribution in [0.3, 0.4) is 0 Å². The van der Waals surface area contributed by atoms with Crippen molar-refractivity contribution in [2.24, 2.45) is 0 Å². The van der Waals surface area contributed by atoms with Crippen LogP contribution in [0.15, 0.2) is 83.8 Å². The molecule has 5 rings (SSSR count). The Morgan fingerprint density at radius 1 is 0.947 bits per heavy atom. The number of rotatable bonds is 7. The van der Waals surface area contributed by atoms with Gasteiger partial charge < -0.3 is 10.6 Å². The lowest BCUT2D eigenvalue weighted by Crippen LogP contribution is -2.19. The van der Waals surface area contributed by atoms with Gasteiger partial charge in [-0.1, -0.05) is 54.1 Å². The van der Waals surface area contributed by atoms with Crippen molar-refractivity contribution in [3.05, 3.63) is 112 Å². The molecule has 2 amide bonds. The minimum atomic E-state index is -0.537. The maximum absolute atomic E-state index is 13.7. The number of carbonyl (C=O) groups is 2. The van der Waals surface area contributed by atoms with Gasteiger partial charge in [0.1, 0.15) is 16.3 Å². The summed E-state index contributed by atoms with van der Waals surface area (Å²) in [6.45, 7) is 1.98. The van der Waals surface area contributed by atoms with Gasteiger partial charge in [0.2, 0.25) is 5.91 Å². The summed E-state index contributed by atoms with van der Waals surface area (Å²) in [6.07, 6.45) is 4.04. The maximum atomic E-state index is 13.7. The van der Waals surface area contributed by atoms with Crippen molar-refractivity contribution in [2.45, 2.75) is 42.8 Å². The summed E-state index contributed by atoms with van der Waals surface area (Å²) in [7, 11) is 0. The molecule has 1 atom stereocenters. The molecule has 1 heterocycles. The molecule has 38 heavy (non-hydrogen) atoms. The second-order valence-electron chi connectivity index (χ2n) is 9.27. The predicted octanol–water partition coefficient (Wildman–Crippen LogP) is 7.53. The number of fused-ring (bicyclic) bond motifs is 1. The Hall–Kier alpha value is -3.86. The van der Waals surface area contributed by atoms with Crippen LogP contribution in [0.1, 0.15) is 55.6 Å². The number of nitriles is 1. The number of thioether (sulfide) groups is 1. The standard InChI is InChI=1S/C31H27N3O2S2/c1-20-14-16-22(17-15-20)29(35)33-23-10-7-11-24(18-23)37-28(21-8-3-2-4-9-21)30(36)34-31-26(19-32)25-12-5-6-13-27(25)38-31/h2-4,7-11,14-18,28H,5-6,12-13H2,1H3,(H,33,35)(H,34,36). The lowest BCUT2D eigenvalue weighted by atomic mass is 9.96. The van der Waals surface area contributed by atoms with Gasteiger partial charge in [-0.2, -0.15) is 5.26 Å². The molecule has 1 unspecified atom stereocenters. The Kier molecular flexibility index (Phi) is 7.92. The molecule has 2 N–H and O–H groups in total. The molecule has 1 aliphatic carbocycles. The van der Waals surface area contributed by atoms with Crippen LogP contribution in [0.5, 0.6) is 0 Å². The van der Waals surface area contributed by atoms with Gasteiger partial charge in [-0.25, -0.2) is 0 Å². The molecule has 0 radical (unpaired) electrons. The van der Waals surface area contributed by atoms with Crippen LogP contribution in [-0.2, 0) is 17.6 Å². The van der Waals surface area contributed by atoms with Crippen molar-refractivity contribution in [1.82, 2.24) is 0 Å². The molecule has 7 heteroatoms. The minimum Gasteiger partial charge on any atom is -0.322 e. The summed E-state index contributed by atoms with van der Waals surface area (Å²) in [5, 5.41) is 16.0. The molecule has 3 aromatic carbocycles. The zero-order valence-electron chi connectivity index (χ0n) is 21.0. The van der Waals surface area contributed by atoms with Gasteiger partial charge in [-0.15, -0.1) is 23.1 Å². The molecule has 190 valence electrons. The Morgan fingerprint density at radius 3 is 2.47 bits per heavy atom. The van der Waals surface area contributed by atoms with E-state index < -0.39 is 5.25 Å². The van der Waals surface area contributed by atoms with Gasteiger partial charge in [0, 0.05) is 21.0 Å². The minimum absolute atomic E-state index is 0.176. The molecule has 5 nitrogen and oxygen atoms in total. The third-order valence-electron chi connectivity index (χ3n) is 6.52. The van der Waals surface area contributed by atoms with Crippen molar-refractivity contribution in [3.8, 4) is 6.07 Å². The first-order chi connectivity index (χ1) is 18.5. The van der Waals surface area contributed by atoms with Gasteiger partial charge in [0.25, 0.3) is 5.91 Å². The van der Waals surface area contributed by atoms with E-state index in [-0.39, 0.29) is 11.8 Å². The fourth-order valence-corrected chi connectivity index (χ4v) is 6.87. The zero-order chi connectivity index (χ0) is 26.5. The lowest BCUT2D eigenvalue weighted by Gasteiger charge is -2.17. The summed E-state index contributed by atoms with van der Waals surface area (Å²) in [5.74, 6) is -0.361. The predicted molar refractivity (Wildman–Crippen MR) is 155 cm³/mol.